The zero-order valence-electron chi connectivity index (χ0n) is 11.1. The van der Waals surface area contributed by atoms with Crippen LogP contribution in [-0.4, -0.2) is 37.7 Å². The number of benzene rings is 1. The minimum Gasteiger partial charge on any atom is -0.494 e. The van der Waals surface area contributed by atoms with Crippen LogP contribution in [0.4, 0.5) is 0 Å². The second kappa shape index (κ2) is 6.41. The van der Waals surface area contributed by atoms with Gasteiger partial charge in [0.2, 0.25) is 0 Å². The lowest BCUT2D eigenvalue weighted by molar-refractivity contribution is 0.228. The van der Waals surface area contributed by atoms with Crippen molar-refractivity contribution in [3.05, 3.63) is 28.3 Å². The molecule has 0 saturated carbocycles. The zero-order valence-corrected chi connectivity index (χ0v) is 11.9. The Morgan fingerprint density at radius 1 is 1.33 bits per heavy atom. The molecule has 100 valence electrons. The van der Waals surface area contributed by atoms with Crippen molar-refractivity contribution in [2.45, 2.75) is 20.4 Å². The predicted octanol–water partition coefficient (Wildman–Crippen LogP) is 2.45. The molecule has 1 aromatic carbocycles. The Hall–Kier alpha value is -0.770. The first-order valence-electron chi connectivity index (χ1n) is 6.55. The van der Waals surface area contributed by atoms with Crippen LogP contribution in [0.3, 0.4) is 0 Å². The van der Waals surface area contributed by atoms with Crippen LogP contribution in [0.2, 0.25) is 5.02 Å². The maximum Gasteiger partial charge on any atom is 0.124 e. The highest BCUT2D eigenvalue weighted by Crippen LogP contribution is 2.28. The Labute approximate surface area is 114 Å². The number of piperazine rings is 1. The first kappa shape index (κ1) is 13.7. The summed E-state index contributed by atoms with van der Waals surface area (Å²) in [6.45, 7) is 9.91. The molecule has 0 atom stereocenters. The Morgan fingerprint density at radius 3 is 2.72 bits per heavy atom. The molecule has 1 aliphatic heterocycles. The maximum absolute atomic E-state index is 6.22. The fourth-order valence-corrected chi connectivity index (χ4v) is 2.41. The lowest BCUT2D eigenvalue weighted by Gasteiger charge is -2.28. The Morgan fingerprint density at radius 2 is 2.06 bits per heavy atom. The van der Waals surface area contributed by atoms with Crippen LogP contribution in [0.15, 0.2) is 12.1 Å². The van der Waals surface area contributed by atoms with Gasteiger partial charge in [0, 0.05) is 43.3 Å². The third kappa shape index (κ3) is 3.37. The number of nitrogens with one attached hydrogen (secondary N) is 1. The highest BCUT2D eigenvalue weighted by molar-refractivity contribution is 6.31. The standard InChI is InChI=1S/C14H21ClN2O/c1-3-18-14-8-11(2)13(15)9-12(14)10-17-6-4-16-5-7-17/h8-9,16H,3-7,10H2,1-2H3. The van der Waals surface area contributed by atoms with Crippen molar-refractivity contribution in [1.82, 2.24) is 10.2 Å². The van der Waals surface area contributed by atoms with Gasteiger partial charge < -0.3 is 10.1 Å². The Kier molecular flexibility index (Phi) is 4.87. The molecule has 1 aliphatic rings. The van der Waals surface area contributed by atoms with Gasteiger partial charge in [0.05, 0.1) is 6.61 Å². The first-order chi connectivity index (χ1) is 8.70. The Balaban J connectivity index is 2.16. The van der Waals surface area contributed by atoms with Gasteiger partial charge in [-0.25, -0.2) is 0 Å². The summed E-state index contributed by atoms with van der Waals surface area (Å²) in [7, 11) is 0. The molecule has 0 unspecified atom stereocenters. The van der Waals surface area contributed by atoms with Crippen LogP contribution >= 0.6 is 11.6 Å². The molecule has 1 fully saturated rings. The summed E-state index contributed by atoms with van der Waals surface area (Å²) >= 11 is 6.22. The summed E-state index contributed by atoms with van der Waals surface area (Å²) in [4.78, 5) is 2.43. The molecule has 0 bridgehead atoms. The van der Waals surface area contributed by atoms with E-state index in [2.05, 4.69) is 10.2 Å². The third-order valence-electron chi connectivity index (χ3n) is 3.25. The van der Waals surface area contributed by atoms with Gasteiger partial charge in [0.1, 0.15) is 5.75 Å². The molecule has 2 rings (SSSR count). The number of hydrogen-bond acceptors (Lipinski definition) is 3. The minimum absolute atomic E-state index is 0.690. The van der Waals surface area contributed by atoms with Crippen LogP contribution in [-0.2, 0) is 6.54 Å². The summed E-state index contributed by atoms with van der Waals surface area (Å²) in [5.41, 5.74) is 2.26. The van der Waals surface area contributed by atoms with Crippen LogP contribution in [0, 0.1) is 6.92 Å². The average Bonchev–Trinajstić information content (AvgIpc) is 2.37. The first-order valence-corrected chi connectivity index (χ1v) is 6.93. The molecule has 3 nitrogen and oxygen atoms in total. The second-order valence-corrected chi connectivity index (χ2v) is 5.08. The van der Waals surface area contributed by atoms with Crippen molar-refractivity contribution >= 4 is 11.6 Å². The van der Waals surface area contributed by atoms with Crippen LogP contribution in [0.1, 0.15) is 18.1 Å². The van der Waals surface area contributed by atoms with Gasteiger partial charge in [-0.1, -0.05) is 11.6 Å². The summed E-state index contributed by atoms with van der Waals surface area (Å²) in [6.07, 6.45) is 0. The summed E-state index contributed by atoms with van der Waals surface area (Å²) in [6, 6.07) is 4.09. The maximum atomic E-state index is 6.22. The van der Waals surface area contributed by atoms with Gasteiger partial charge in [0.15, 0.2) is 0 Å². The number of hydrogen-bond donors (Lipinski definition) is 1. The monoisotopic (exact) mass is 268 g/mol. The van der Waals surface area contributed by atoms with Crippen molar-refractivity contribution in [3.63, 3.8) is 0 Å². The molecule has 0 aromatic heterocycles. The summed E-state index contributed by atoms with van der Waals surface area (Å²) in [5, 5.41) is 4.18. The second-order valence-electron chi connectivity index (χ2n) is 4.67. The quantitative estimate of drug-likeness (QED) is 0.908. The van der Waals surface area contributed by atoms with E-state index in [0.29, 0.717) is 6.61 Å². The molecule has 0 amide bonds. The number of ether oxygens (including phenoxy) is 1. The van der Waals surface area contributed by atoms with Crippen molar-refractivity contribution in [2.75, 3.05) is 32.8 Å². The normalized spacial score (nSPS) is 16.8. The predicted molar refractivity (Wildman–Crippen MR) is 75.5 cm³/mol. The van der Waals surface area contributed by atoms with E-state index in [1.54, 1.807) is 0 Å². The number of nitrogens with zero attached hydrogens (tertiary/aromatic N) is 1. The minimum atomic E-state index is 0.690. The Bertz CT molecular complexity index is 403. The van der Waals surface area contributed by atoms with E-state index in [-0.39, 0.29) is 0 Å². The summed E-state index contributed by atoms with van der Waals surface area (Å²) in [5.74, 6) is 0.970. The molecule has 0 radical (unpaired) electrons. The van der Waals surface area contributed by atoms with E-state index >= 15 is 0 Å². The third-order valence-corrected chi connectivity index (χ3v) is 3.65. The van der Waals surface area contributed by atoms with Crippen LogP contribution < -0.4 is 10.1 Å². The molecule has 1 aromatic rings. The average molecular weight is 269 g/mol. The van der Waals surface area contributed by atoms with E-state index in [4.69, 9.17) is 16.3 Å². The summed E-state index contributed by atoms with van der Waals surface area (Å²) < 4.78 is 5.71. The van der Waals surface area contributed by atoms with Gasteiger partial charge in [-0.2, -0.15) is 0 Å². The number of halogens is 1. The largest absolute Gasteiger partial charge is 0.494 e. The number of rotatable bonds is 4. The van der Waals surface area contributed by atoms with E-state index in [1.165, 1.54) is 5.56 Å². The molecule has 0 spiro atoms. The van der Waals surface area contributed by atoms with E-state index in [1.807, 2.05) is 26.0 Å². The van der Waals surface area contributed by atoms with Crippen molar-refractivity contribution in [3.8, 4) is 5.75 Å². The fraction of sp³-hybridized carbons (Fsp3) is 0.571. The van der Waals surface area contributed by atoms with Gasteiger partial charge in [-0.05, 0) is 31.5 Å². The molecule has 1 saturated heterocycles. The molecule has 0 aliphatic carbocycles. The van der Waals surface area contributed by atoms with Gasteiger partial charge in [-0.3, -0.25) is 4.90 Å². The van der Waals surface area contributed by atoms with Crippen LogP contribution in [0.25, 0.3) is 0 Å². The van der Waals surface area contributed by atoms with Crippen molar-refractivity contribution in [2.24, 2.45) is 0 Å². The molecule has 1 heterocycles. The lowest BCUT2D eigenvalue weighted by atomic mass is 10.1. The van der Waals surface area contributed by atoms with Crippen LogP contribution in [0.5, 0.6) is 5.75 Å². The van der Waals surface area contributed by atoms with E-state index < -0.39 is 0 Å². The zero-order chi connectivity index (χ0) is 13.0. The van der Waals surface area contributed by atoms with Crippen molar-refractivity contribution < 1.29 is 4.74 Å². The smallest absolute Gasteiger partial charge is 0.124 e. The van der Waals surface area contributed by atoms with E-state index in [0.717, 1.165) is 49.1 Å². The van der Waals surface area contributed by atoms with Crippen molar-refractivity contribution in [1.29, 1.82) is 0 Å². The lowest BCUT2D eigenvalue weighted by Crippen LogP contribution is -2.42. The molecule has 4 heteroatoms. The SMILES string of the molecule is CCOc1cc(C)c(Cl)cc1CN1CCNCC1. The van der Waals surface area contributed by atoms with E-state index in [9.17, 15) is 0 Å². The number of aryl methyl sites for hydroxylation is 1. The molecular formula is C14H21ClN2O. The molecule has 18 heavy (non-hydrogen) atoms. The topological polar surface area (TPSA) is 24.5 Å². The van der Waals surface area contributed by atoms with Gasteiger partial charge in [0.25, 0.3) is 0 Å². The highest BCUT2D eigenvalue weighted by atomic mass is 35.5. The molecular weight excluding hydrogens is 248 g/mol. The highest BCUT2D eigenvalue weighted by Gasteiger charge is 2.14. The van der Waals surface area contributed by atoms with Gasteiger partial charge in [-0.15, -0.1) is 0 Å². The fourth-order valence-electron chi connectivity index (χ4n) is 2.22. The molecule has 1 N–H and O–H groups in total. The van der Waals surface area contributed by atoms with Gasteiger partial charge >= 0.3 is 0 Å².